The van der Waals surface area contributed by atoms with Crippen LogP contribution in [0.15, 0.2) is 57.7 Å². The van der Waals surface area contributed by atoms with Crippen molar-refractivity contribution in [1.29, 1.82) is 0 Å². The number of nitrogens with one attached hydrogen (secondary N) is 1. The molecule has 6 nitrogen and oxygen atoms in total. The van der Waals surface area contributed by atoms with Crippen LogP contribution in [0.1, 0.15) is 24.2 Å². The van der Waals surface area contributed by atoms with Gasteiger partial charge < -0.3 is 14.5 Å². The van der Waals surface area contributed by atoms with E-state index in [9.17, 15) is 9.59 Å². The second kappa shape index (κ2) is 6.84. The number of aromatic nitrogens is 1. The molecule has 0 saturated heterocycles. The Bertz CT molecular complexity index is 943. The van der Waals surface area contributed by atoms with Crippen LogP contribution in [0, 0.1) is 0 Å². The summed E-state index contributed by atoms with van der Waals surface area (Å²) >= 11 is 0. The molecule has 3 aromatic rings. The second-order valence-corrected chi connectivity index (χ2v) is 5.98. The van der Waals surface area contributed by atoms with Crippen molar-refractivity contribution >= 4 is 17.0 Å². The summed E-state index contributed by atoms with van der Waals surface area (Å²) in [5, 5.41) is 2.90. The molecule has 1 amide bonds. The molecule has 0 aliphatic rings. The highest BCUT2D eigenvalue weighted by Crippen LogP contribution is 2.18. The maximum Gasteiger partial charge on any atom is 0.419 e. The van der Waals surface area contributed by atoms with Gasteiger partial charge in [-0.05, 0) is 38.1 Å². The van der Waals surface area contributed by atoms with Crippen LogP contribution in [0.4, 0.5) is 0 Å². The fourth-order valence-electron chi connectivity index (χ4n) is 2.55. The molecule has 130 valence electrons. The summed E-state index contributed by atoms with van der Waals surface area (Å²) in [6, 6.07) is 14.3. The zero-order valence-corrected chi connectivity index (χ0v) is 14.4. The molecule has 1 heterocycles. The first-order chi connectivity index (χ1) is 12.0. The highest BCUT2D eigenvalue weighted by Gasteiger charge is 2.21. The van der Waals surface area contributed by atoms with Crippen molar-refractivity contribution in [3.05, 3.63) is 64.6 Å². The van der Waals surface area contributed by atoms with Gasteiger partial charge in [0.25, 0.3) is 5.91 Å². The van der Waals surface area contributed by atoms with Gasteiger partial charge in [-0.3, -0.25) is 9.36 Å². The zero-order chi connectivity index (χ0) is 18.0. The third-order valence-electron chi connectivity index (χ3n) is 4.19. The van der Waals surface area contributed by atoms with Crippen molar-refractivity contribution in [1.82, 2.24) is 9.88 Å². The zero-order valence-electron chi connectivity index (χ0n) is 14.4. The number of ether oxygens (including phenoxy) is 1. The molecule has 25 heavy (non-hydrogen) atoms. The average Bonchev–Trinajstić information content (AvgIpc) is 2.90. The van der Waals surface area contributed by atoms with Crippen LogP contribution in [-0.4, -0.2) is 22.6 Å². The first-order valence-electron chi connectivity index (χ1n) is 8.08. The predicted octanol–water partition coefficient (Wildman–Crippen LogP) is 2.72. The third-order valence-corrected chi connectivity index (χ3v) is 4.19. The molecule has 2 aromatic carbocycles. The fourth-order valence-corrected chi connectivity index (χ4v) is 2.55. The van der Waals surface area contributed by atoms with Crippen molar-refractivity contribution in [2.75, 3.05) is 0 Å². The number of hydrogen-bond donors (Lipinski definition) is 1. The number of carbonyl (C=O) groups excluding carboxylic acids is 1. The third kappa shape index (κ3) is 3.42. The normalized spacial score (nSPS) is 13.4. The van der Waals surface area contributed by atoms with Gasteiger partial charge in [-0.1, -0.05) is 24.3 Å². The van der Waals surface area contributed by atoms with E-state index in [-0.39, 0.29) is 23.6 Å². The van der Waals surface area contributed by atoms with Crippen LogP contribution in [-0.2, 0) is 7.05 Å². The molecule has 1 N–H and O–H groups in total. The lowest BCUT2D eigenvalue weighted by Crippen LogP contribution is -2.42. The van der Waals surface area contributed by atoms with E-state index in [0.717, 1.165) is 5.75 Å². The summed E-state index contributed by atoms with van der Waals surface area (Å²) < 4.78 is 12.4. The number of fused-ring (bicyclic) bond motifs is 1. The SMILES string of the molecule is CC(NC(=O)c1cccc2c1oc(=O)n2C)C(C)Oc1ccccc1. The number of rotatable bonds is 5. The molecule has 3 rings (SSSR count). The van der Waals surface area contributed by atoms with E-state index in [4.69, 9.17) is 9.15 Å². The van der Waals surface area contributed by atoms with Gasteiger partial charge in [-0.25, -0.2) is 4.79 Å². The number of para-hydroxylation sites is 2. The van der Waals surface area contributed by atoms with Crippen LogP contribution in [0.25, 0.3) is 11.1 Å². The summed E-state index contributed by atoms with van der Waals surface area (Å²) in [4.78, 5) is 24.3. The minimum atomic E-state index is -0.496. The quantitative estimate of drug-likeness (QED) is 0.775. The van der Waals surface area contributed by atoms with E-state index in [1.165, 1.54) is 4.57 Å². The Hall–Kier alpha value is -3.02. The Labute approximate surface area is 145 Å². The molecule has 2 atom stereocenters. The van der Waals surface area contributed by atoms with Crippen LogP contribution in [0.3, 0.4) is 0 Å². The van der Waals surface area contributed by atoms with Crippen molar-refractivity contribution in [2.24, 2.45) is 7.05 Å². The van der Waals surface area contributed by atoms with Crippen molar-refractivity contribution in [3.63, 3.8) is 0 Å². The highest BCUT2D eigenvalue weighted by atomic mass is 16.5. The molecule has 2 unspecified atom stereocenters. The number of amides is 1. The smallest absolute Gasteiger partial charge is 0.419 e. The summed E-state index contributed by atoms with van der Waals surface area (Å²) in [6.07, 6.45) is -0.228. The molecule has 0 saturated carbocycles. The van der Waals surface area contributed by atoms with Gasteiger partial charge in [-0.15, -0.1) is 0 Å². The number of oxazole rings is 1. The molecule has 0 aliphatic heterocycles. The molecule has 0 radical (unpaired) electrons. The second-order valence-electron chi connectivity index (χ2n) is 5.98. The number of benzene rings is 2. The Kier molecular flexibility index (Phi) is 4.61. The van der Waals surface area contributed by atoms with Crippen LogP contribution < -0.4 is 15.8 Å². The Balaban J connectivity index is 1.76. The first kappa shape index (κ1) is 16.8. The molecule has 0 bridgehead atoms. The topological polar surface area (TPSA) is 73.5 Å². The van der Waals surface area contributed by atoms with Crippen LogP contribution in [0.2, 0.25) is 0 Å². The van der Waals surface area contributed by atoms with Crippen molar-refractivity contribution in [2.45, 2.75) is 26.0 Å². The van der Waals surface area contributed by atoms with E-state index in [2.05, 4.69) is 5.32 Å². The first-order valence-corrected chi connectivity index (χ1v) is 8.08. The lowest BCUT2D eigenvalue weighted by Gasteiger charge is -2.22. The van der Waals surface area contributed by atoms with E-state index < -0.39 is 5.76 Å². The monoisotopic (exact) mass is 340 g/mol. The molecule has 0 fully saturated rings. The largest absolute Gasteiger partial charge is 0.489 e. The van der Waals surface area contributed by atoms with E-state index in [1.807, 2.05) is 44.2 Å². The minimum Gasteiger partial charge on any atom is -0.489 e. The highest BCUT2D eigenvalue weighted by molar-refractivity contribution is 6.04. The van der Waals surface area contributed by atoms with Crippen molar-refractivity contribution < 1.29 is 13.9 Å². The molecule has 1 aromatic heterocycles. The minimum absolute atomic E-state index is 0.228. The maximum absolute atomic E-state index is 12.6. The summed E-state index contributed by atoms with van der Waals surface area (Å²) in [5.74, 6) is -0.0627. The molecular weight excluding hydrogens is 320 g/mol. The fraction of sp³-hybridized carbons (Fsp3) is 0.263. The van der Waals surface area contributed by atoms with Gasteiger partial charge in [0.05, 0.1) is 17.1 Å². The van der Waals surface area contributed by atoms with Gasteiger partial charge in [0, 0.05) is 7.05 Å². The van der Waals surface area contributed by atoms with E-state index in [0.29, 0.717) is 11.1 Å². The lowest BCUT2D eigenvalue weighted by atomic mass is 10.1. The number of aryl methyl sites for hydroxylation is 1. The predicted molar refractivity (Wildman–Crippen MR) is 94.9 cm³/mol. The molecule has 6 heteroatoms. The van der Waals surface area contributed by atoms with E-state index >= 15 is 0 Å². The summed E-state index contributed by atoms with van der Waals surface area (Å²) in [7, 11) is 1.61. The van der Waals surface area contributed by atoms with Gasteiger partial charge in [0.1, 0.15) is 11.9 Å². The van der Waals surface area contributed by atoms with Crippen molar-refractivity contribution in [3.8, 4) is 5.75 Å². The maximum atomic E-state index is 12.6. The lowest BCUT2D eigenvalue weighted by molar-refractivity contribution is 0.0894. The van der Waals surface area contributed by atoms with Crippen LogP contribution >= 0.6 is 0 Å². The van der Waals surface area contributed by atoms with Gasteiger partial charge in [0.15, 0.2) is 5.58 Å². The Morgan fingerprint density at radius 3 is 2.56 bits per heavy atom. The summed E-state index contributed by atoms with van der Waals surface area (Å²) in [5.41, 5.74) is 1.20. The van der Waals surface area contributed by atoms with Crippen LogP contribution in [0.5, 0.6) is 5.75 Å². The number of carbonyl (C=O) groups is 1. The van der Waals surface area contributed by atoms with Gasteiger partial charge >= 0.3 is 5.76 Å². The standard InChI is InChI=1S/C19H20N2O4/c1-12(13(2)24-14-8-5-4-6-9-14)20-18(22)15-10-7-11-16-17(15)25-19(23)21(16)3/h4-13H,1-3H3,(H,20,22). The number of hydrogen-bond acceptors (Lipinski definition) is 4. The Morgan fingerprint density at radius 2 is 1.84 bits per heavy atom. The molecule has 0 aliphatic carbocycles. The van der Waals surface area contributed by atoms with Gasteiger partial charge in [0.2, 0.25) is 0 Å². The van der Waals surface area contributed by atoms with E-state index in [1.54, 1.807) is 25.2 Å². The summed E-state index contributed by atoms with van der Waals surface area (Å²) in [6.45, 7) is 3.76. The number of nitrogens with zero attached hydrogens (tertiary/aromatic N) is 1. The Morgan fingerprint density at radius 1 is 1.12 bits per heavy atom. The average molecular weight is 340 g/mol. The van der Waals surface area contributed by atoms with Gasteiger partial charge in [-0.2, -0.15) is 0 Å². The molecule has 0 spiro atoms. The molecular formula is C19H20N2O4.